The standard InChI is InChI=1S/C14H20N2O/c1-14(2,3)15-8-9-16-10-11-6-4-5-7-12(11)13(16)17/h4-7,15H,8-10H2,1-3H3. The summed E-state index contributed by atoms with van der Waals surface area (Å²) in [6, 6.07) is 7.86. The smallest absolute Gasteiger partial charge is 0.254 e. The molecule has 1 amide bonds. The van der Waals surface area contributed by atoms with E-state index < -0.39 is 0 Å². The summed E-state index contributed by atoms with van der Waals surface area (Å²) >= 11 is 0. The quantitative estimate of drug-likeness (QED) is 0.865. The van der Waals surface area contributed by atoms with E-state index in [0.29, 0.717) is 0 Å². The summed E-state index contributed by atoms with van der Waals surface area (Å²) in [5.41, 5.74) is 2.12. The average molecular weight is 232 g/mol. The fraction of sp³-hybridized carbons (Fsp3) is 0.500. The Morgan fingerprint density at radius 2 is 2.00 bits per heavy atom. The highest BCUT2D eigenvalue weighted by atomic mass is 16.2. The van der Waals surface area contributed by atoms with Crippen LogP contribution in [0, 0.1) is 0 Å². The number of carbonyl (C=O) groups is 1. The van der Waals surface area contributed by atoms with Gasteiger partial charge in [-0.2, -0.15) is 0 Å². The number of nitrogens with one attached hydrogen (secondary N) is 1. The van der Waals surface area contributed by atoms with Crippen LogP contribution in [0.2, 0.25) is 0 Å². The van der Waals surface area contributed by atoms with E-state index >= 15 is 0 Å². The summed E-state index contributed by atoms with van der Waals surface area (Å²) in [7, 11) is 0. The molecule has 1 N–H and O–H groups in total. The minimum atomic E-state index is 0.107. The lowest BCUT2D eigenvalue weighted by atomic mass is 10.1. The molecule has 3 heteroatoms. The van der Waals surface area contributed by atoms with E-state index in [0.717, 1.165) is 30.8 Å². The van der Waals surface area contributed by atoms with Crippen LogP contribution in [-0.2, 0) is 6.54 Å². The summed E-state index contributed by atoms with van der Waals surface area (Å²) in [4.78, 5) is 14.0. The van der Waals surface area contributed by atoms with Crippen LogP contribution in [0.3, 0.4) is 0 Å². The van der Waals surface area contributed by atoms with Gasteiger partial charge in [0.25, 0.3) is 5.91 Å². The van der Waals surface area contributed by atoms with Gasteiger partial charge in [-0.05, 0) is 32.4 Å². The monoisotopic (exact) mass is 232 g/mol. The van der Waals surface area contributed by atoms with Gasteiger partial charge in [-0.15, -0.1) is 0 Å². The summed E-state index contributed by atoms with van der Waals surface area (Å²) in [6.45, 7) is 8.75. The van der Waals surface area contributed by atoms with Crippen molar-refractivity contribution in [1.82, 2.24) is 10.2 Å². The van der Waals surface area contributed by atoms with Gasteiger partial charge in [0.15, 0.2) is 0 Å². The number of benzene rings is 1. The molecule has 0 atom stereocenters. The van der Waals surface area contributed by atoms with Crippen LogP contribution in [-0.4, -0.2) is 29.4 Å². The van der Waals surface area contributed by atoms with E-state index in [4.69, 9.17) is 0 Å². The molecule has 1 aromatic rings. The number of hydrogen-bond acceptors (Lipinski definition) is 2. The number of hydrogen-bond donors (Lipinski definition) is 1. The zero-order chi connectivity index (χ0) is 12.5. The number of carbonyl (C=O) groups excluding carboxylic acids is 1. The molecular weight excluding hydrogens is 212 g/mol. The Bertz CT molecular complexity index is 420. The molecule has 0 bridgehead atoms. The molecule has 0 aliphatic carbocycles. The van der Waals surface area contributed by atoms with Crippen molar-refractivity contribution < 1.29 is 4.79 Å². The van der Waals surface area contributed by atoms with Crippen LogP contribution in [0.15, 0.2) is 24.3 Å². The van der Waals surface area contributed by atoms with Crippen molar-refractivity contribution in [3.63, 3.8) is 0 Å². The van der Waals surface area contributed by atoms with Crippen LogP contribution in [0.25, 0.3) is 0 Å². The van der Waals surface area contributed by atoms with Gasteiger partial charge < -0.3 is 10.2 Å². The van der Waals surface area contributed by atoms with Crippen molar-refractivity contribution in [2.45, 2.75) is 32.9 Å². The van der Waals surface area contributed by atoms with E-state index in [1.807, 2.05) is 29.2 Å². The maximum atomic E-state index is 12.1. The van der Waals surface area contributed by atoms with E-state index in [9.17, 15) is 4.79 Å². The van der Waals surface area contributed by atoms with Crippen LogP contribution in [0.5, 0.6) is 0 Å². The molecule has 1 heterocycles. The van der Waals surface area contributed by atoms with Gasteiger partial charge in [0.2, 0.25) is 0 Å². The minimum absolute atomic E-state index is 0.107. The second-order valence-corrected chi connectivity index (χ2v) is 5.56. The summed E-state index contributed by atoms with van der Waals surface area (Å²) in [6.07, 6.45) is 0. The third kappa shape index (κ3) is 2.86. The number of rotatable bonds is 3. The van der Waals surface area contributed by atoms with Gasteiger partial charge in [-0.25, -0.2) is 0 Å². The maximum absolute atomic E-state index is 12.1. The normalized spacial score (nSPS) is 15.2. The maximum Gasteiger partial charge on any atom is 0.254 e. The zero-order valence-electron chi connectivity index (χ0n) is 10.8. The van der Waals surface area contributed by atoms with Crippen molar-refractivity contribution in [2.75, 3.05) is 13.1 Å². The fourth-order valence-electron chi connectivity index (χ4n) is 2.06. The molecule has 2 rings (SSSR count). The van der Waals surface area contributed by atoms with Crippen LogP contribution < -0.4 is 5.32 Å². The highest BCUT2D eigenvalue weighted by Gasteiger charge is 2.26. The molecule has 0 saturated carbocycles. The first-order chi connectivity index (χ1) is 7.97. The molecule has 0 aromatic heterocycles. The molecule has 92 valence electrons. The predicted molar refractivity (Wildman–Crippen MR) is 68.9 cm³/mol. The SMILES string of the molecule is CC(C)(C)NCCN1Cc2ccccc2C1=O. The molecule has 1 aliphatic rings. The summed E-state index contributed by atoms with van der Waals surface area (Å²) in [5, 5.41) is 3.40. The third-order valence-corrected chi connectivity index (χ3v) is 2.93. The van der Waals surface area contributed by atoms with Crippen molar-refractivity contribution >= 4 is 5.91 Å². The van der Waals surface area contributed by atoms with Crippen LogP contribution in [0.4, 0.5) is 0 Å². The lowest BCUT2D eigenvalue weighted by Gasteiger charge is -2.23. The first-order valence-electron chi connectivity index (χ1n) is 6.09. The van der Waals surface area contributed by atoms with Gasteiger partial charge in [0.1, 0.15) is 0 Å². The van der Waals surface area contributed by atoms with Gasteiger partial charge >= 0.3 is 0 Å². The molecule has 17 heavy (non-hydrogen) atoms. The second-order valence-electron chi connectivity index (χ2n) is 5.56. The fourth-order valence-corrected chi connectivity index (χ4v) is 2.06. The highest BCUT2D eigenvalue weighted by molar-refractivity contribution is 5.98. The summed E-state index contributed by atoms with van der Waals surface area (Å²) in [5.74, 6) is 0.163. The van der Waals surface area contributed by atoms with E-state index in [-0.39, 0.29) is 11.4 Å². The minimum Gasteiger partial charge on any atom is -0.333 e. The van der Waals surface area contributed by atoms with Crippen LogP contribution in [0.1, 0.15) is 36.7 Å². The highest BCUT2D eigenvalue weighted by Crippen LogP contribution is 2.21. The van der Waals surface area contributed by atoms with E-state index in [1.165, 1.54) is 0 Å². The lowest BCUT2D eigenvalue weighted by molar-refractivity contribution is 0.0776. The van der Waals surface area contributed by atoms with Gasteiger partial charge in [0, 0.05) is 30.7 Å². The molecule has 0 spiro atoms. The number of amides is 1. The Hall–Kier alpha value is -1.35. The second kappa shape index (κ2) is 4.49. The van der Waals surface area contributed by atoms with Gasteiger partial charge in [0.05, 0.1) is 0 Å². The van der Waals surface area contributed by atoms with Gasteiger partial charge in [-0.1, -0.05) is 18.2 Å². The zero-order valence-corrected chi connectivity index (χ0v) is 10.8. The molecule has 1 aromatic carbocycles. The average Bonchev–Trinajstić information content (AvgIpc) is 2.55. The molecule has 1 aliphatic heterocycles. The van der Waals surface area contributed by atoms with Crippen LogP contribution >= 0.6 is 0 Å². The predicted octanol–water partition coefficient (Wildman–Crippen LogP) is 2.03. The molecule has 0 unspecified atom stereocenters. The topological polar surface area (TPSA) is 32.3 Å². The Labute approximate surface area is 103 Å². The Balaban J connectivity index is 1.92. The summed E-state index contributed by atoms with van der Waals surface area (Å²) < 4.78 is 0. The number of fused-ring (bicyclic) bond motifs is 1. The van der Waals surface area contributed by atoms with Crippen molar-refractivity contribution in [1.29, 1.82) is 0 Å². The van der Waals surface area contributed by atoms with Crippen molar-refractivity contribution in [3.05, 3.63) is 35.4 Å². The largest absolute Gasteiger partial charge is 0.333 e. The number of nitrogens with zero attached hydrogens (tertiary/aromatic N) is 1. The van der Waals surface area contributed by atoms with E-state index in [1.54, 1.807) is 0 Å². The Morgan fingerprint density at radius 1 is 1.29 bits per heavy atom. The molecule has 3 nitrogen and oxygen atoms in total. The molecule has 0 saturated heterocycles. The first-order valence-corrected chi connectivity index (χ1v) is 6.09. The lowest BCUT2D eigenvalue weighted by Crippen LogP contribution is -2.41. The Kier molecular flexibility index (Phi) is 3.20. The molecular formula is C14H20N2O. The van der Waals surface area contributed by atoms with Crippen molar-refractivity contribution in [2.24, 2.45) is 0 Å². The Morgan fingerprint density at radius 3 is 2.65 bits per heavy atom. The third-order valence-electron chi connectivity index (χ3n) is 2.93. The first kappa shape index (κ1) is 12.1. The molecule has 0 fully saturated rings. The molecule has 0 radical (unpaired) electrons. The van der Waals surface area contributed by atoms with Gasteiger partial charge in [-0.3, -0.25) is 4.79 Å². The van der Waals surface area contributed by atoms with Crippen molar-refractivity contribution in [3.8, 4) is 0 Å². The van der Waals surface area contributed by atoms with E-state index in [2.05, 4.69) is 26.1 Å².